The summed E-state index contributed by atoms with van der Waals surface area (Å²) in [6.45, 7) is 1.13. The first-order valence-corrected chi connectivity index (χ1v) is 8.39. The highest BCUT2D eigenvalue weighted by Gasteiger charge is 2.25. The van der Waals surface area contributed by atoms with E-state index in [2.05, 4.69) is 10.6 Å². The summed E-state index contributed by atoms with van der Waals surface area (Å²) in [5.74, 6) is -0.641. The zero-order chi connectivity index (χ0) is 18.8. The van der Waals surface area contributed by atoms with Crippen LogP contribution in [-0.2, 0) is 4.74 Å². The van der Waals surface area contributed by atoms with Crippen LogP contribution in [0.25, 0.3) is 0 Å². The Balaban J connectivity index is 1.80. The molecule has 1 amide bonds. The molecule has 0 saturated carbocycles. The molecule has 1 aliphatic rings. The number of rotatable bonds is 6. The molecule has 1 atom stereocenters. The number of phenols is 1. The second-order valence-corrected chi connectivity index (χ2v) is 6.45. The minimum atomic E-state index is -0.663. The molecule has 1 saturated heterocycles. The summed E-state index contributed by atoms with van der Waals surface area (Å²) < 4.78 is 5.49. The quantitative estimate of drug-likeness (QED) is 0.522. The molecule has 2 aromatic rings. The van der Waals surface area contributed by atoms with Crippen molar-refractivity contribution in [3.8, 4) is 5.75 Å². The summed E-state index contributed by atoms with van der Waals surface area (Å²) in [6.07, 6.45) is 1.90. The van der Waals surface area contributed by atoms with Gasteiger partial charge in [0.1, 0.15) is 11.4 Å². The number of nitrogens with zero attached hydrogens (tertiary/aromatic N) is 1. The summed E-state index contributed by atoms with van der Waals surface area (Å²) in [7, 11) is 3.15. The van der Waals surface area contributed by atoms with Crippen LogP contribution in [0.2, 0.25) is 0 Å². The first kappa shape index (κ1) is 17.9. The third kappa shape index (κ3) is 3.28. The smallest absolute Gasteiger partial charge is 0.257 e. The van der Waals surface area contributed by atoms with E-state index in [1.165, 1.54) is 17.0 Å². The second-order valence-electron chi connectivity index (χ2n) is 6.45. The van der Waals surface area contributed by atoms with Crippen LogP contribution in [-0.4, -0.2) is 49.3 Å². The zero-order valence-electron chi connectivity index (χ0n) is 14.7. The summed E-state index contributed by atoms with van der Waals surface area (Å²) in [6, 6.07) is 4.61. The second kappa shape index (κ2) is 7.17. The number of carbonyl (C=O) groups excluding carboxylic acids is 1. The molecule has 8 heteroatoms. The third-order valence-corrected chi connectivity index (χ3v) is 4.37. The first-order valence-electron chi connectivity index (χ1n) is 8.39. The number of para-hydroxylation sites is 1. The van der Waals surface area contributed by atoms with Crippen LogP contribution in [0.3, 0.4) is 0 Å². The average molecular weight is 359 g/mol. The molecule has 1 heterocycles. The van der Waals surface area contributed by atoms with Crippen LogP contribution in [0.4, 0.5) is 17.1 Å². The van der Waals surface area contributed by atoms with E-state index >= 15 is 0 Å². The minimum Gasteiger partial charge on any atom is -0.505 e. The van der Waals surface area contributed by atoms with Gasteiger partial charge in [0, 0.05) is 27.2 Å². The number of nitrogens with one attached hydrogen (secondary N) is 2. The molecule has 0 spiro atoms. The maximum Gasteiger partial charge on any atom is 0.257 e. The standard InChI is InChI=1S/C18H21N3O5/c1-21(2)18(25)11-6-3-7-12(15(11)22)20-14-13(16(23)17(14)24)19-9-10-5-4-8-26-10/h3,6-7,10,19-20,22H,4-5,8-9H2,1-2H3. The molecular weight excluding hydrogens is 338 g/mol. The molecule has 1 fully saturated rings. The van der Waals surface area contributed by atoms with Gasteiger partial charge in [0.2, 0.25) is 0 Å². The van der Waals surface area contributed by atoms with Gasteiger partial charge in [-0.05, 0) is 25.0 Å². The van der Waals surface area contributed by atoms with E-state index in [0.717, 1.165) is 12.8 Å². The lowest BCUT2D eigenvalue weighted by molar-refractivity contribution is 0.0824. The number of anilines is 3. The number of hydrogen-bond acceptors (Lipinski definition) is 7. The molecule has 1 unspecified atom stereocenters. The van der Waals surface area contributed by atoms with Crippen molar-refractivity contribution in [3.63, 3.8) is 0 Å². The maximum atomic E-state index is 12.1. The zero-order valence-corrected chi connectivity index (χ0v) is 14.7. The maximum absolute atomic E-state index is 12.1. The molecule has 138 valence electrons. The highest BCUT2D eigenvalue weighted by Crippen LogP contribution is 2.32. The molecule has 8 nitrogen and oxygen atoms in total. The van der Waals surface area contributed by atoms with E-state index < -0.39 is 10.9 Å². The van der Waals surface area contributed by atoms with E-state index in [9.17, 15) is 19.5 Å². The van der Waals surface area contributed by atoms with Crippen LogP contribution in [0.5, 0.6) is 5.75 Å². The molecule has 1 aliphatic heterocycles. The van der Waals surface area contributed by atoms with Gasteiger partial charge in [-0.1, -0.05) is 6.07 Å². The normalized spacial score (nSPS) is 16.6. The van der Waals surface area contributed by atoms with E-state index in [0.29, 0.717) is 13.2 Å². The van der Waals surface area contributed by atoms with Crippen LogP contribution in [0, 0.1) is 0 Å². The SMILES string of the molecule is CN(C)C(=O)c1cccc(Nc2c(NCC3CCCO3)c(=O)c2=O)c1O. The summed E-state index contributed by atoms with van der Waals surface area (Å²) in [5.41, 5.74) is -0.724. The Kier molecular flexibility index (Phi) is 4.94. The van der Waals surface area contributed by atoms with Gasteiger partial charge in [0.05, 0.1) is 17.4 Å². The number of benzene rings is 1. The van der Waals surface area contributed by atoms with Gasteiger partial charge in [-0.15, -0.1) is 0 Å². The van der Waals surface area contributed by atoms with Gasteiger partial charge in [0.15, 0.2) is 5.75 Å². The van der Waals surface area contributed by atoms with Gasteiger partial charge in [-0.25, -0.2) is 0 Å². The van der Waals surface area contributed by atoms with Gasteiger partial charge >= 0.3 is 0 Å². The lowest BCUT2D eigenvalue weighted by Crippen LogP contribution is -2.38. The first-order chi connectivity index (χ1) is 12.4. The Morgan fingerprint density at radius 2 is 2.00 bits per heavy atom. The van der Waals surface area contributed by atoms with Crippen LogP contribution in [0.1, 0.15) is 23.2 Å². The lowest BCUT2D eigenvalue weighted by Gasteiger charge is -2.18. The molecule has 0 aliphatic carbocycles. The summed E-state index contributed by atoms with van der Waals surface area (Å²) in [5, 5.41) is 16.1. The fraction of sp³-hybridized carbons (Fsp3) is 0.389. The van der Waals surface area contributed by atoms with Gasteiger partial charge in [0.25, 0.3) is 16.8 Å². The third-order valence-electron chi connectivity index (χ3n) is 4.37. The molecular formula is C18H21N3O5. The van der Waals surface area contributed by atoms with Crippen LogP contribution >= 0.6 is 0 Å². The lowest BCUT2D eigenvalue weighted by atomic mass is 10.1. The molecule has 0 bridgehead atoms. The van der Waals surface area contributed by atoms with Crippen LogP contribution in [0.15, 0.2) is 27.8 Å². The number of aromatic hydroxyl groups is 1. The fourth-order valence-corrected chi connectivity index (χ4v) is 2.89. The highest BCUT2D eigenvalue weighted by molar-refractivity contribution is 5.99. The number of amides is 1. The van der Waals surface area contributed by atoms with Crippen molar-refractivity contribution in [2.24, 2.45) is 0 Å². The van der Waals surface area contributed by atoms with E-state index in [1.807, 2.05) is 0 Å². The number of carbonyl (C=O) groups is 1. The minimum absolute atomic E-state index is 0.0155. The van der Waals surface area contributed by atoms with Crippen molar-refractivity contribution in [2.75, 3.05) is 37.9 Å². The molecule has 3 rings (SSSR count). The molecule has 0 aromatic heterocycles. The monoisotopic (exact) mass is 359 g/mol. The van der Waals surface area contributed by atoms with Crippen molar-refractivity contribution < 1.29 is 14.6 Å². The highest BCUT2D eigenvalue weighted by atomic mass is 16.5. The van der Waals surface area contributed by atoms with E-state index in [1.54, 1.807) is 20.2 Å². The Morgan fingerprint density at radius 1 is 1.27 bits per heavy atom. The van der Waals surface area contributed by atoms with E-state index in [4.69, 9.17) is 4.74 Å². The number of phenolic OH excluding ortho intramolecular Hbond substituents is 1. The Bertz CT molecular complexity index is 893. The largest absolute Gasteiger partial charge is 0.505 e. The number of hydrogen-bond donors (Lipinski definition) is 3. The summed E-state index contributed by atoms with van der Waals surface area (Å²) >= 11 is 0. The van der Waals surface area contributed by atoms with Crippen molar-refractivity contribution in [1.29, 1.82) is 0 Å². The van der Waals surface area contributed by atoms with Gasteiger partial charge in [-0.2, -0.15) is 0 Å². The predicted molar refractivity (Wildman–Crippen MR) is 98.2 cm³/mol. The molecule has 26 heavy (non-hydrogen) atoms. The van der Waals surface area contributed by atoms with Crippen molar-refractivity contribution >= 4 is 23.0 Å². The average Bonchev–Trinajstić information content (AvgIpc) is 3.14. The molecule has 0 radical (unpaired) electrons. The van der Waals surface area contributed by atoms with Gasteiger partial charge < -0.3 is 25.4 Å². The Hall–Kier alpha value is -2.87. The predicted octanol–water partition coefficient (Wildman–Crippen LogP) is 1.02. The fourth-order valence-electron chi connectivity index (χ4n) is 2.89. The number of ether oxygens (including phenoxy) is 1. The van der Waals surface area contributed by atoms with Crippen molar-refractivity contribution in [3.05, 3.63) is 44.2 Å². The topological polar surface area (TPSA) is 108 Å². The molecule has 3 N–H and O–H groups in total. The Labute approximate surface area is 150 Å². The summed E-state index contributed by atoms with van der Waals surface area (Å²) in [4.78, 5) is 37.2. The van der Waals surface area contributed by atoms with Gasteiger partial charge in [-0.3, -0.25) is 14.4 Å². The Morgan fingerprint density at radius 3 is 2.65 bits per heavy atom. The van der Waals surface area contributed by atoms with Crippen molar-refractivity contribution in [2.45, 2.75) is 18.9 Å². The van der Waals surface area contributed by atoms with Crippen LogP contribution < -0.4 is 21.5 Å². The van der Waals surface area contributed by atoms with Crippen molar-refractivity contribution in [1.82, 2.24) is 4.90 Å². The molecule has 2 aromatic carbocycles. The van der Waals surface area contributed by atoms with E-state index in [-0.39, 0.29) is 40.4 Å².